The molecule has 18 heavy (non-hydrogen) atoms. The van der Waals surface area contributed by atoms with Gasteiger partial charge in [0.25, 0.3) is 0 Å². The lowest BCUT2D eigenvalue weighted by Crippen LogP contribution is -1.98. The summed E-state index contributed by atoms with van der Waals surface area (Å²) >= 11 is 3.37. The van der Waals surface area contributed by atoms with Crippen molar-refractivity contribution in [3.63, 3.8) is 0 Å². The van der Waals surface area contributed by atoms with Crippen LogP contribution in [0.2, 0.25) is 0 Å². The minimum atomic E-state index is -1.27. The van der Waals surface area contributed by atoms with E-state index in [1.165, 1.54) is 12.1 Å². The van der Waals surface area contributed by atoms with Crippen LogP contribution in [-0.4, -0.2) is 4.21 Å². The lowest BCUT2D eigenvalue weighted by molar-refractivity contribution is 0.622. The molecule has 2 N–H and O–H groups in total. The lowest BCUT2D eigenvalue weighted by atomic mass is 10.2. The van der Waals surface area contributed by atoms with Gasteiger partial charge in [0.1, 0.15) is 5.82 Å². The summed E-state index contributed by atoms with van der Waals surface area (Å²) in [6.07, 6.45) is 0. The minimum absolute atomic E-state index is 0.324. The molecule has 0 amide bonds. The third-order valence-electron chi connectivity index (χ3n) is 2.42. The van der Waals surface area contributed by atoms with Crippen molar-refractivity contribution in [3.05, 3.63) is 58.3 Å². The maximum atomic E-state index is 13.0. The van der Waals surface area contributed by atoms with Crippen LogP contribution >= 0.6 is 15.9 Å². The lowest BCUT2D eigenvalue weighted by Gasteiger charge is -2.06. The Bertz CT molecular complexity index is 603. The molecular weight excluding hydrogens is 317 g/mol. The highest BCUT2D eigenvalue weighted by Crippen LogP contribution is 2.23. The molecule has 0 bridgehead atoms. The van der Waals surface area contributed by atoms with Gasteiger partial charge in [-0.3, -0.25) is 4.21 Å². The summed E-state index contributed by atoms with van der Waals surface area (Å²) in [6.45, 7) is 0. The second-order valence-electron chi connectivity index (χ2n) is 3.80. The van der Waals surface area contributed by atoms with Crippen molar-refractivity contribution in [1.82, 2.24) is 0 Å². The van der Waals surface area contributed by atoms with Crippen LogP contribution in [-0.2, 0) is 16.6 Å². The van der Waals surface area contributed by atoms with Crippen LogP contribution in [0, 0.1) is 5.82 Å². The molecule has 0 aliphatic carbocycles. The summed E-state index contributed by atoms with van der Waals surface area (Å²) in [6, 6.07) is 11.2. The summed E-state index contributed by atoms with van der Waals surface area (Å²) in [5.74, 6) is -0.0538. The summed E-state index contributed by atoms with van der Waals surface area (Å²) in [7, 11) is -1.27. The molecule has 5 heteroatoms. The third kappa shape index (κ3) is 3.17. The van der Waals surface area contributed by atoms with Crippen molar-refractivity contribution in [2.24, 2.45) is 0 Å². The van der Waals surface area contributed by atoms with Crippen molar-refractivity contribution in [2.75, 3.05) is 5.73 Å². The van der Waals surface area contributed by atoms with Gasteiger partial charge in [-0.05, 0) is 35.9 Å². The smallest absolute Gasteiger partial charge is 0.124 e. The molecule has 0 saturated heterocycles. The first-order chi connectivity index (χ1) is 8.56. The largest absolute Gasteiger partial charge is 0.399 e. The number of hydrogen-bond donors (Lipinski definition) is 1. The number of rotatable bonds is 3. The maximum Gasteiger partial charge on any atom is 0.124 e. The molecule has 0 heterocycles. The SMILES string of the molecule is Nc1ccc(CS(=O)c2cccc(F)c2)c(Br)c1. The molecule has 0 fully saturated rings. The zero-order valence-electron chi connectivity index (χ0n) is 9.40. The number of halogens is 2. The molecule has 0 aliphatic heterocycles. The van der Waals surface area contributed by atoms with Gasteiger partial charge in [-0.15, -0.1) is 0 Å². The average Bonchev–Trinajstić information content (AvgIpc) is 2.32. The predicted octanol–water partition coefficient (Wildman–Crippen LogP) is 3.48. The van der Waals surface area contributed by atoms with Crippen LogP contribution in [0.1, 0.15) is 5.56 Å². The molecule has 0 radical (unpaired) electrons. The van der Waals surface area contributed by atoms with Gasteiger partial charge in [0, 0.05) is 15.1 Å². The van der Waals surface area contributed by atoms with E-state index in [9.17, 15) is 8.60 Å². The average molecular weight is 328 g/mol. The molecule has 0 spiro atoms. The van der Waals surface area contributed by atoms with Gasteiger partial charge in [0.2, 0.25) is 0 Å². The maximum absolute atomic E-state index is 13.0. The Morgan fingerprint density at radius 1 is 1.22 bits per heavy atom. The van der Waals surface area contributed by atoms with E-state index in [1.54, 1.807) is 24.3 Å². The van der Waals surface area contributed by atoms with Crippen LogP contribution in [0.25, 0.3) is 0 Å². The molecular formula is C13H11BrFNOS. The van der Waals surface area contributed by atoms with Crippen molar-refractivity contribution < 1.29 is 8.60 Å². The summed E-state index contributed by atoms with van der Waals surface area (Å²) in [4.78, 5) is 0.485. The van der Waals surface area contributed by atoms with E-state index in [2.05, 4.69) is 15.9 Å². The zero-order chi connectivity index (χ0) is 13.1. The van der Waals surface area contributed by atoms with E-state index >= 15 is 0 Å². The van der Waals surface area contributed by atoms with E-state index < -0.39 is 10.8 Å². The van der Waals surface area contributed by atoms with E-state index in [0.29, 0.717) is 16.3 Å². The highest BCUT2D eigenvalue weighted by atomic mass is 79.9. The van der Waals surface area contributed by atoms with Crippen molar-refractivity contribution in [1.29, 1.82) is 0 Å². The topological polar surface area (TPSA) is 43.1 Å². The van der Waals surface area contributed by atoms with Gasteiger partial charge in [-0.2, -0.15) is 0 Å². The fourth-order valence-corrected chi connectivity index (χ4v) is 3.41. The van der Waals surface area contributed by atoms with Crippen molar-refractivity contribution in [3.8, 4) is 0 Å². The fourth-order valence-electron chi connectivity index (χ4n) is 1.51. The first kappa shape index (κ1) is 13.2. The van der Waals surface area contributed by atoms with Crippen LogP contribution in [0.4, 0.5) is 10.1 Å². The molecule has 1 atom stereocenters. The highest BCUT2D eigenvalue weighted by Gasteiger charge is 2.08. The molecule has 94 valence electrons. The molecule has 2 aromatic rings. The van der Waals surface area contributed by atoms with Gasteiger partial charge in [-0.25, -0.2) is 4.39 Å². The van der Waals surface area contributed by atoms with Crippen LogP contribution in [0.15, 0.2) is 51.8 Å². The van der Waals surface area contributed by atoms with E-state index in [0.717, 1.165) is 10.0 Å². The summed E-state index contributed by atoms with van der Waals surface area (Å²) in [5, 5.41) is 0. The van der Waals surface area contributed by atoms with Crippen LogP contribution in [0.5, 0.6) is 0 Å². The Morgan fingerprint density at radius 3 is 2.67 bits per heavy atom. The Hall–Kier alpha value is -1.20. The Morgan fingerprint density at radius 2 is 2.00 bits per heavy atom. The molecule has 1 unspecified atom stereocenters. The molecule has 2 nitrogen and oxygen atoms in total. The molecule has 2 rings (SSSR count). The molecule has 0 aliphatic rings. The predicted molar refractivity (Wildman–Crippen MR) is 75.1 cm³/mol. The monoisotopic (exact) mass is 327 g/mol. The normalized spacial score (nSPS) is 12.3. The van der Waals surface area contributed by atoms with E-state index in [4.69, 9.17) is 5.73 Å². The van der Waals surface area contributed by atoms with Crippen molar-refractivity contribution >= 4 is 32.4 Å². The van der Waals surface area contributed by atoms with Gasteiger partial charge >= 0.3 is 0 Å². The molecule has 2 aromatic carbocycles. The number of anilines is 1. The van der Waals surface area contributed by atoms with Gasteiger partial charge in [0.15, 0.2) is 0 Å². The second kappa shape index (κ2) is 5.63. The Balaban J connectivity index is 2.21. The van der Waals surface area contributed by atoms with Crippen LogP contribution in [0.3, 0.4) is 0 Å². The minimum Gasteiger partial charge on any atom is -0.399 e. The summed E-state index contributed by atoms with van der Waals surface area (Å²) < 4.78 is 25.9. The third-order valence-corrected chi connectivity index (χ3v) is 4.51. The first-order valence-corrected chi connectivity index (χ1v) is 7.35. The zero-order valence-corrected chi connectivity index (χ0v) is 11.8. The van der Waals surface area contributed by atoms with Gasteiger partial charge < -0.3 is 5.73 Å². The quantitative estimate of drug-likeness (QED) is 0.877. The van der Waals surface area contributed by atoms with Gasteiger partial charge in [0.05, 0.1) is 16.6 Å². The first-order valence-electron chi connectivity index (χ1n) is 5.24. The molecule has 0 aromatic heterocycles. The Kier molecular flexibility index (Phi) is 4.14. The summed E-state index contributed by atoms with van der Waals surface area (Å²) in [5.41, 5.74) is 7.16. The van der Waals surface area contributed by atoms with Crippen LogP contribution < -0.4 is 5.73 Å². The van der Waals surface area contributed by atoms with E-state index in [1.807, 2.05) is 6.07 Å². The number of nitrogens with two attached hydrogens (primary N) is 1. The standard InChI is InChI=1S/C13H11BrFNOS/c14-13-7-11(16)5-4-9(13)8-18(17)12-3-1-2-10(15)6-12/h1-7H,8,16H2. The highest BCUT2D eigenvalue weighted by molar-refractivity contribution is 9.10. The second-order valence-corrected chi connectivity index (χ2v) is 6.10. The number of benzene rings is 2. The number of hydrogen-bond acceptors (Lipinski definition) is 2. The fraction of sp³-hybridized carbons (Fsp3) is 0.0769. The van der Waals surface area contributed by atoms with Gasteiger partial charge in [-0.1, -0.05) is 28.1 Å². The Labute approximate surface area is 116 Å². The molecule has 0 saturated carbocycles. The van der Waals surface area contributed by atoms with E-state index in [-0.39, 0.29) is 5.82 Å². The number of nitrogen functional groups attached to an aromatic ring is 1. The van der Waals surface area contributed by atoms with Crippen molar-refractivity contribution in [2.45, 2.75) is 10.6 Å².